The topological polar surface area (TPSA) is 77.6 Å². The van der Waals surface area contributed by atoms with E-state index in [1.54, 1.807) is 10.9 Å². The molecule has 0 fully saturated rings. The third-order valence-corrected chi connectivity index (χ3v) is 4.99. The van der Waals surface area contributed by atoms with E-state index in [2.05, 4.69) is 22.4 Å². The van der Waals surface area contributed by atoms with Gasteiger partial charge in [-0.15, -0.1) is 0 Å². The smallest absolute Gasteiger partial charge is 0.252 e. The van der Waals surface area contributed by atoms with Gasteiger partial charge in [-0.2, -0.15) is 10.2 Å². The molecule has 0 saturated carbocycles. The Balaban J connectivity index is 1.75. The summed E-state index contributed by atoms with van der Waals surface area (Å²) in [5.41, 5.74) is 5.05. The van der Waals surface area contributed by atoms with Gasteiger partial charge in [-0.3, -0.25) is 14.2 Å². The monoisotopic (exact) mass is 374 g/mol. The SMILES string of the molecule is CCn1ncc(-c2cc(C(=O)NCc3ccnn3C)c3ccccc3n2)c1C. The Bertz CT molecular complexity index is 1160. The maximum Gasteiger partial charge on any atom is 0.252 e. The van der Waals surface area contributed by atoms with E-state index in [-0.39, 0.29) is 5.91 Å². The molecule has 1 N–H and O–H groups in total. The van der Waals surface area contributed by atoms with Gasteiger partial charge in [0, 0.05) is 36.4 Å². The molecule has 0 spiro atoms. The minimum Gasteiger partial charge on any atom is -0.346 e. The van der Waals surface area contributed by atoms with Crippen LogP contribution < -0.4 is 5.32 Å². The number of pyridine rings is 1. The number of hydrogen-bond acceptors (Lipinski definition) is 4. The quantitative estimate of drug-likeness (QED) is 0.582. The van der Waals surface area contributed by atoms with Crippen molar-refractivity contribution in [3.05, 3.63) is 65.7 Å². The number of rotatable bonds is 5. The second-order valence-electron chi connectivity index (χ2n) is 6.66. The zero-order valence-corrected chi connectivity index (χ0v) is 16.2. The van der Waals surface area contributed by atoms with Crippen LogP contribution in [-0.4, -0.2) is 30.5 Å². The number of hydrogen-bond donors (Lipinski definition) is 1. The molecule has 0 saturated heterocycles. The summed E-state index contributed by atoms with van der Waals surface area (Å²) >= 11 is 0. The normalized spacial score (nSPS) is 11.1. The first-order valence-electron chi connectivity index (χ1n) is 9.26. The van der Waals surface area contributed by atoms with E-state index in [1.807, 2.05) is 61.2 Å². The molecule has 0 aliphatic rings. The van der Waals surface area contributed by atoms with Gasteiger partial charge >= 0.3 is 0 Å². The zero-order valence-electron chi connectivity index (χ0n) is 16.2. The summed E-state index contributed by atoms with van der Waals surface area (Å²) in [7, 11) is 1.86. The fraction of sp³-hybridized carbons (Fsp3) is 0.238. The summed E-state index contributed by atoms with van der Waals surface area (Å²) in [5, 5.41) is 12.4. The van der Waals surface area contributed by atoms with Crippen LogP contribution in [0.25, 0.3) is 22.2 Å². The molecule has 1 amide bonds. The van der Waals surface area contributed by atoms with E-state index >= 15 is 0 Å². The molecule has 7 heteroatoms. The summed E-state index contributed by atoms with van der Waals surface area (Å²) in [6.07, 6.45) is 3.53. The zero-order chi connectivity index (χ0) is 19.7. The van der Waals surface area contributed by atoms with Gasteiger partial charge in [0.2, 0.25) is 0 Å². The van der Waals surface area contributed by atoms with Crippen LogP contribution in [0, 0.1) is 6.92 Å². The Labute approximate surface area is 163 Å². The van der Waals surface area contributed by atoms with Gasteiger partial charge in [0.05, 0.1) is 35.2 Å². The van der Waals surface area contributed by atoms with Crippen molar-refractivity contribution in [2.24, 2.45) is 7.05 Å². The number of benzene rings is 1. The molecule has 0 radical (unpaired) electrons. The van der Waals surface area contributed by atoms with Crippen LogP contribution in [0.15, 0.2) is 48.8 Å². The Morgan fingerprint density at radius 2 is 2.00 bits per heavy atom. The summed E-state index contributed by atoms with van der Waals surface area (Å²) in [5.74, 6) is -0.137. The number of carbonyl (C=O) groups is 1. The Morgan fingerprint density at radius 1 is 1.18 bits per heavy atom. The van der Waals surface area contributed by atoms with E-state index < -0.39 is 0 Å². The number of fused-ring (bicyclic) bond motifs is 1. The molecular weight excluding hydrogens is 352 g/mol. The fourth-order valence-electron chi connectivity index (χ4n) is 3.36. The minimum absolute atomic E-state index is 0.137. The highest BCUT2D eigenvalue weighted by Crippen LogP contribution is 2.27. The maximum atomic E-state index is 13.0. The third-order valence-electron chi connectivity index (χ3n) is 4.99. The van der Waals surface area contributed by atoms with Crippen molar-refractivity contribution in [3.63, 3.8) is 0 Å². The number of aromatic nitrogens is 5. The average molecular weight is 374 g/mol. The molecule has 28 heavy (non-hydrogen) atoms. The first kappa shape index (κ1) is 17.9. The van der Waals surface area contributed by atoms with E-state index in [4.69, 9.17) is 4.98 Å². The number of para-hydroxylation sites is 1. The number of nitrogens with zero attached hydrogens (tertiary/aromatic N) is 5. The summed E-state index contributed by atoms with van der Waals surface area (Å²) in [4.78, 5) is 17.8. The average Bonchev–Trinajstić information content (AvgIpc) is 3.30. The van der Waals surface area contributed by atoms with Gasteiger partial charge in [0.15, 0.2) is 0 Å². The Kier molecular flexibility index (Phi) is 4.65. The van der Waals surface area contributed by atoms with E-state index in [1.165, 1.54) is 0 Å². The molecular formula is C21H22N6O. The van der Waals surface area contributed by atoms with Crippen LogP contribution in [0.1, 0.15) is 28.7 Å². The molecule has 0 aliphatic carbocycles. The lowest BCUT2D eigenvalue weighted by Gasteiger charge is -2.11. The molecule has 7 nitrogen and oxygen atoms in total. The number of carbonyl (C=O) groups excluding carboxylic acids is 1. The van der Waals surface area contributed by atoms with Crippen LogP contribution in [-0.2, 0) is 20.1 Å². The second-order valence-corrected chi connectivity index (χ2v) is 6.66. The van der Waals surface area contributed by atoms with Gasteiger partial charge < -0.3 is 5.32 Å². The van der Waals surface area contributed by atoms with Crippen LogP contribution in [0.3, 0.4) is 0 Å². The van der Waals surface area contributed by atoms with E-state index in [0.717, 1.165) is 40.1 Å². The molecule has 142 valence electrons. The number of aryl methyl sites for hydroxylation is 2. The molecule has 4 aromatic rings. The van der Waals surface area contributed by atoms with Crippen LogP contribution in [0.2, 0.25) is 0 Å². The van der Waals surface area contributed by atoms with Crippen molar-refractivity contribution < 1.29 is 4.79 Å². The predicted molar refractivity (Wildman–Crippen MR) is 108 cm³/mol. The first-order valence-corrected chi connectivity index (χ1v) is 9.26. The van der Waals surface area contributed by atoms with Gasteiger partial charge in [0.25, 0.3) is 5.91 Å². The lowest BCUT2D eigenvalue weighted by molar-refractivity contribution is 0.0951. The lowest BCUT2D eigenvalue weighted by Crippen LogP contribution is -2.24. The fourth-order valence-corrected chi connectivity index (χ4v) is 3.36. The largest absolute Gasteiger partial charge is 0.346 e. The highest BCUT2D eigenvalue weighted by Gasteiger charge is 2.16. The van der Waals surface area contributed by atoms with Gasteiger partial charge in [-0.05, 0) is 32.0 Å². The third kappa shape index (κ3) is 3.15. The van der Waals surface area contributed by atoms with Gasteiger partial charge in [0.1, 0.15) is 0 Å². The number of nitrogens with one attached hydrogen (secondary N) is 1. The summed E-state index contributed by atoms with van der Waals surface area (Å²) in [6, 6.07) is 11.4. The highest BCUT2D eigenvalue weighted by molar-refractivity contribution is 6.07. The van der Waals surface area contributed by atoms with E-state index in [0.29, 0.717) is 12.1 Å². The highest BCUT2D eigenvalue weighted by atomic mass is 16.1. The van der Waals surface area contributed by atoms with Crippen molar-refractivity contribution in [2.45, 2.75) is 26.9 Å². The lowest BCUT2D eigenvalue weighted by atomic mass is 10.0. The van der Waals surface area contributed by atoms with Crippen LogP contribution in [0.4, 0.5) is 0 Å². The van der Waals surface area contributed by atoms with Crippen LogP contribution in [0.5, 0.6) is 0 Å². The predicted octanol–water partition coefficient (Wildman–Crippen LogP) is 3.09. The molecule has 0 bridgehead atoms. The summed E-state index contributed by atoms with van der Waals surface area (Å²) < 4.78 is 3.67. The van der Waals surface area contributed by atoms with Crippen molar-refractivity contribution in [1.82, 2.24) is 29.9 Å². The standard InChI is InChI=1S/C21H22N6O/c1-4-27-14(2)18(13-24-27)20-11-17(16-7-5-6-8-19(16)25-20)21(28)22-12-15-9-10-23-26(15)3/h5-11,13H,4,12H2,1-3H3,(H,22,28). The van der Waals surface area contributed by atoms with Gasteiger partial charge in [-0.25, -0.2) is 4.98 Å². The first-order chi connectivity index (χ1) is 13.6. The van der Waals surface area contributed by atoms with E-state index in [9.17, 15) is 4.79 Å². The molecule has 0 aliphatic heterocycles. The molecule has 0 unspecified atom stereocenters. The molecule has 3 heterocycles. The molecule has 1 aromatic carbocycles. The molecule has 3 aromatic heterocycles. The Morgan fingerprint density at radius 3 is 2.71 bits per heavy atom. The van der Waals surface area contributed by atoms with Crippen molar-refractivity contribution in [2.75, 3.05) is 0 Å². The second kappa shape index (κ2) is 7.26. The van der Waals surface area contributed by atoms with Gasteiger partial charge in [-0.1, -0.05) is 18.2 Å². The van der Waals surface area contributed by atoms with Crippen molar-refractivity contribution in [3.8, 4) is 11.3 Å². The Hall–Kier alpha value is -3.48. The molecule has 4 rings (SSSR count). The number of amides is 1. The molecule has 0 atom stereocenters. The summed E-state index contributed by atoms with van der Waals surface area (Å²) in [6.45, 7) is 5.27. The minimum atomic E-state index is -0.137. The van der Waals surface area contributed by atoms with Crippen molar-refractivity contribution in [1.29, 1.82) is 0 Å². The maximum absolute atomic E-state index is 13.0. The van der Waals surface area contributed by atoms with Crippen molar-refractivity contribution >= 4 is 16.8 Å². The van der Waals surface area contributed by atoms with Crippen LogP contribution >= 0.6 is 0 Å².